The van der Waals surface area contributed by atoms with Crippen molar-refractivity contribution >= 4 is 44.9 Å². The summed E-state index contributed by atoms with van der Waals surface area (Å²) in [4.78, 5) is 24.5. The minimum Gasteiger partial charge on any atom is -0.461 e. The number of anilines is 4. The standard InChI is InChI=1S/C20H23N7O.C11H18N2.C9H8N6O3S/c1-13(2)12-15-7-5-14(6-8-15)9-10-22-19-24-18(21)27-20(25-19)23-17(26-27)16-4-3-11-28-16;1-9(2)13-11-5-3-10(4-6-11)7-8-12;1-19(16,17)9-12-7(10)15-8(13-9)11-6(14-15)5-3-2-4-18-5/h3-8,11,13H,9-10,12H2,1-2H3,(H3,21,22,23,24,25,26);3-6,9,13H,7-8,12H2,1-2H3;2-4H,1H3,(H2,10,11,12,13,14). The minimum absolute atomic E-state index is 0.0410. The number of fused-ring (bicyclic) bond motifs is 2. The normalized spacial score (nSPS) is 11.4. The van der Waals surface area contributed by atoms with Gasteiger partial charge in [-0.1, -0.05) is 50.2 Å². The zero-order valence-corrected chi connectivity index (χ0v) is 34.8. The summed E-state index contributed by atoms with van der Waals surface area (Å²) in [5.74, 6) is 3.26. The predicted molar refractivity (Wildman–Crippen MR) is 230 cm³/mol. The Hall–Kier alpha value is -6.93. The smallest absolute Gasteiger partial charge is 0.259 e. The van der Waals surface area contributed by atoms with E-state index in [1.165, 1.54) is 33.2 Å². The molecule has 314 valence electrons. The molecule has 0 atom stereocenters. The second-order valence-corrected chi connectivity index (χ2v) is 16.3. The van der Waals surface area contributed by atoms with Crippen LogP contribution in [0.3, 0.4) is 0 Å². The average Bonchev–Trinajstić information content (AvgIpc) is 4.04. The van der Waals surface area contributed by atoms with Crippen molar-refractivity contribution in [2.45, 2.75) is 58.2 Å². The fourth-order valence-electron chi connectivity index (χ4n) is 5.76. The number of nitrogens with zero attached hydrogens (tertiary/aromatic N) is 10. The Kier molecular flexibility index (Phi) is 13.7. The molecule has 0 saturated heterocycles. The van der Waals surface area contributed by atoms with Gasteiger partial charge in [0, 0.05) is 24.5 Å². The van der Waals surface area contributed by atoms with Gasteiger partial charge in [-0.05, 0) is 98.7 Å². The molecule has 0 fully saturated rings. The summed E-state index contributed by atoms with van der Waals surface area (Å²) in [6.07, 6.45) is 6.95. The lowest BCUT2D eigenvalue weighted by atomic mass is 10.0. The summed E-state index contributed by atoms with van der Waals surface area (Å²) < 4.78 is 35.8. The van der Waals surface area contributed by atoms with Gasteiger partial charge in [0.05, 0.1) is 12.5 Å². The van der Waals surface area contributed by atoms with Gasteiger partial charge >= 0.3 is 0 Å². The molecule has 0 spiro atoms. The van der Waals surface area contributed by atoms with Crippen LogP contribution in [-0.2, 0) is 29.1 Å². The minimum atomic E-state index is -3.57. The van der Waals surface area contributed by atoms with Gasteiger partial charge in [-0.15, -0.1) is 10.2 Å². The third kappa shape index (κ3) is 11.4. The first kappa shape index (κ1) is 42.7. The number of nitrogens with one attached hydrogen (secondary N) is 2. The molecule has 60 heavy (non-hydrogen) atoms. The van der Waals surface area contributed by atoms with E-state index in [4.69, 9.17) is 26.0 Å². The lowest BCUT2D eigenvalue weighted by Crippen LogP contribution is -2.12. The van der Waals surface area contributed by atoms with Crippen LogP contribution in [0.1, 0.15) is 44.4 Å². The van der Waals surface area contributed by atoms with Crippen molar-refractivity contribution in [3.8, 4) is 23.2 Å². The molecular formula is C40H49N15O4S. The van der Waals surface area contributed by atoms with E-state index in [0.717, 1.165) is 36.6 Å². The zero-order valence-electron chi connectivity index (χ0n) is 34.0. The molecule has 8 rings (SSSR count). The second kappa shape index (κ2) is 19.2. The summed E-state index contributed by atoms with van der Waals surface area (Å²) in [6.45, 7) is 10.1. The third-order valence-corrected chi connectivity index (χ3v) is 9.31. The van der Waals surface area contributed by atoms with Gasteiger partial charge in [0.2, 0.25) is 39.3 Å². The summed E-state index contributed by atoms with van der Waals surface area (Å²) in [5, 5.41) is 14.5. The average molecular weight is 836 g/mol. The molecule has 0 aliphatic carbocycles. The molecule has 0 saturated carbocycles. The highest BCUT2D eigenvalue weighted by atomic mass is 32.2. The molecule has 8 N–H and O–H groups in total. The van der Waals surface area contributed by atoms with Crippen LogP contribution in [0.25, 0.3) is 34.7 Å². The Labute approximate surface area is 346 Å². The van der Waals surface area contributed by atoms with E-state index in [1.54, 1.807) is 30.5 Å². The number of nitrogen functional groups attached to an aromatic ring is 2. The molecule has 20 heteroatoms. The number of hydrogen-bond acceptors (Lipinski definition) is 17. The predicted octanol–water partition coefficient (Wildman–Crippen LogP) is 4.99. The maximum atomic E-state index is 11.4. The highest BCUT2D eigenvalue weighted by molar-refractivity contribution is 7.90. The van der Waals surface area contributed by atoms with Gasteiger partial charge in [0.25, 0.3) is 16.7 Å². The molecule has 0 radical (unpaired) electrons. The Balaban J connectivity index is 0.000000163. The van der Waals surface area contributed by atoms with Crippen LogP contribution in [0.4, 0.5) is 23.5 Å². The fourth-order valence-corrected chi connectivity index (χ4v) is 6.26. The topological polar surface area (TPSA) is 274 Å². The van der Waals surface area contributed by atoms with Crippen LogP contribution >= 0.6 is 0 Å². The number of hydrogen-bond donors (Lipinski definition) is 5. The van der Waals surface area contributed by atoms with E-state index in [0.29, 0.717) is 47.6 Å². The maximum Gasteiger partial charge on any atom is 0.259 e. The van der Waals surface area contributed by atoms with E-state index in [2.05, 4.69) is 127 Å². The molecule has 2 aromatic carbocycles. The Morgan fingerprint density at radius 3 is 1.73 bits per heavy atom. The van der Waals surface area contributed by atoms with Crippen molar-refractivity contribution in [3.05, 3.63) is 102 Å². The van der Waals surface area contributed by atoms with Gasteiger partial charge in [-0.3, -0.25) is 0 Å². The van der Waals surface area contributed by atoms with Crippen LogP contribution in [0, 0.1) is 5.92 Å². The number of benzene rings is 2. The SMILES string of the molecule is CC(C)Cc1ccc(CCNc2nc(N)n3nc(-c4ccco4)nc3n2)cc1.CC(C)Nc1ccc(CCN)cc1.CS(=O)(=O)c1nc(N)n2nc(-c3ccco3)nc2n1. The van der Waals surface area contributed by atoms with Crippen molar-refractivity contribution in [2.75, 3.05) is 41.4 Å². The summed E-state index contributed by atoms with van der Waals surface area (Å²) in [6, 6.07) is 24.6. The van der Waals surface area contributed by atoms with Crippen LogP contribution < -0.4 is 27.8 Å². The molecule has 19 nitrogen and oxygen atoms in total. The molecule has 0 aliphatic rings. The summed E-state index contributed by atoms with van der Waals surface area (Å²) >= 11 is 0. The molecule has 0 aliphatic heterocycles. The fraction of sp³-hybridized carbons (Fsp3) is 0.300. The number of aromatic nitrogens is 10. The number of rotatable bonds is 13. The van der Waals surface area contributed by atoms with Crippen molar-refractivity contribution < 1.29 is 17.3 Å². The Morgan fingerprint density at radius 2 is 1.22 bits per heavy atom. The first-order chi connectivity index (χ1) is 28.7. The first-order valence-corrected chi connectivity index (χ1v) is 21.1. The Morgan fingerprint density at radius 1 is 0.683 bits per heavy atom. The van der Waals surface area contributed by atoms with Crippen molar-refractivity contribution in [1.82, 2.24) is 49.1 Å². The third-order valence-electron chi connectivity index (χ3n) is 8.47. The van der Waals surface area contributed by atoms with E-state index >= 15 is 0 Å². The zero-order chi connectivity index (χ0) is 42.8. The largest absolute Gasteiger partial charge is 0.461 e. The van der Waals surface area contributed by atoms with Crippen LogP contribution in [0.5, 0.6) is 0 Å². The van der Waals surface area contributed by atoms with E-state index < -0.39 is 15.0 Å². The lowest BCUT2D eigenvalue weighted by molar-refractivity contribution is 0.577. The van der Waals surface area contributed by atoms with Crippen LogP contribution in [-0.4, -0.2) is 82.9 Å². The number of nitrogens with two attached hydrogens (primary N) is 3. The van der Waals surface area contributed by atoms with Gasteiger partial charge in [0.15, 0.2) is 11.5 Å². The van der Waals surface area contributed by atoms with Gasteiger partial charge in [-0.2, -0.15) is 38.9 Å². The first-order valence-electron chi connectivity index (χ1n) is 19.2. The molecule has 6 aromatic heterocycles. The van der Waals surface area contributed by atoms with Gasteiger partial charge < -0.3 is 36.7 Å². The van der Waals surface area contributed by atoms with Crippen molar-refractivity contribution in [3.63, 3.8) is 0 Å². The molecular weight excluding hydrogens is 787 g/mol. The molecule has 0 amide bonds. The van der Waals surface area contributed by atoms with Crippen molar-refractivity contribution in [1.29, 1.82) is 0 Å². The number of sulfone groups is 1. The van der Waals surface area contributed by atoms with E-state index in [9.17, 15) is 8.42 Å². The van der Waals surface area contributed by atoms with Crippen LogP contribution in [0.15, 0.2) is 99.3 Å². The maximum absolute atomic E-state index is 11.4. The highest BCUT2D eigenvalue weighted by Crippen LogP contribution is 2.19. The van der Waals surface area contributed by atoms with Gasteiger partial charge in [-0.25, -0.2) is 8.42 Å². The molecule has 6 heterocycles. The van der Waals surface area contributed by atoms with E-state index in [-0.39, 0.29) is 23.5 Å². The van der Waals surface area contributed by atoms with Crippen molar-refractivity contribution in [2.24, 2.45) is 11.7 Å². The second-order valence-electron chi connectivity index (χ2n) is 14.4. The summed E-state index contributed by atoms with van der Waals surface area (Å²) in [7, 11) is -3.57. The van der Waals surface area contributed by atoms with Gasteiger partial charge in [0.1, 0.15) is 0 Å². The van der Waals surface area contributed by atoms with Crippen LogP contribution in [0.2, 0.25) is 0 Å². The molecule has 0 bridgehead atoms. The van der Waals surface area contributed by atoms with E-state index in [1.807, 2.05) is 0 Å². The quantitative estimate of drug-likeness (QED) is 0.102. The number of furan rings is 2. The highest BCUT2D eigenvalue weighted by Gasteiger charge is 2.18. The molecule has 8 aromatic rings. The molecule has 0 unspecified atom stereocenters. The summed E-state index contributed by atoms with van der Waals surface area (Å²) in [5.41, 5.74) is 22.2. The lowest BCUT2D eigenvalue weighted by Gasteiger charge is -2.10. The Bertz CT molecular complexity index is 2690. The monoisotopic (exact) mass is 835 g/mol.